The predicted molar refractivity (Wildman–Crippen MR) is 162 cm³/mol. The molecule has 1 saturated carbocycles. The van der Waals surface area contributed by atoms with Crippen molar-refractivity contribution in [3.63, 3.8) is 0 Å². The Balaban J connectivity index is 1.32. The van der Waals surface area contributed by atoms with Gasteiger partial charge in [-0.05, 0) is 61.6 Å². The third-order valence-electron chi connectivity index (χ3n) is 7.63. The van der Waals surface area contributed by atoms with E-state index < -0.39 is 0 Å². The van der Waals surface area contributed by atoms with Gasteiger partial charge in [0.1, 0.15) is 11.3 Å². The van der Waals surface area contributed by atoms with Gasteiger partial charge >= 0.3 is 0 Å². The molecule has 1 fully saturated rings. The van der Waals surface area contributed by atoms with Gasteiger partial charge in [-0.3, -0.25) is 10.1 Å². The molecule has 8 heteroatoms. The number of benzene rings is 1. The summed E-state index contributed by atoms with van der Waals surface area (Å²) in [6.45, 7) is 10.1. The van der Waals surface area contributed by atoms with Crippen LogP contribution in [0.2, 0.25) is 0 Å². The van der Waals surface area contributed by atoms with E-state index >= 15 is 0 Å². The molecule has 0 saturated heterocycles. The van der Waals surface area contributed by atoms with E-state index in [4.69, 9.17) is 9.97 Å². The van der Waals surface area contributed by atoms with Crippen molar-refractivity contribution in [2.45, 2.75) is 39.0 Å². The lowest BCUT2D eigenvalue weighted by Crippen LogP contribution is -2.14. The first kappa shape index (κ1) is 26.4. The molecule has 1 aliphatic rings. The zero-order valence-electron chi connectivity index (χ0n) is 23.0. The molecule has 3 N–H and O–H groups in total. The van der Waals surface area contributed by atoms with E-state index in [9.17, 15) is 4.39 Å². The number of allylic oxidation sites excluding steroid dienone is 3. The lowest BCUT2D eigenvalue weighted by molar-refractivity contribution is 0.405. The molecular formula is C33H32FN7. The number of halogens is 1. The summed E-state index contributed by atoms with van der Waals surface area (Å²) in [6, 6.07) is 12.4. The van der Waals surface area contributed by atoms with E-state index in [2.05, 4.69) is 44.7 Å². The molecule has 0 spiro atoms. The minimum atomic E-state index is -0.312. The van der Waals surface area contributed by atoms with Crippen LogP contribution in [-0.4, -0.2) is 30.1 Å². The number of anilines is 1. The second kappa shape index (κ2) is 11.3. The number of hydrogen-bond acceptors (Lipinski definition) is 5. The smallest absolute Gasteiger partial charge is 0.161 e. The standard InChI is InChI=1S/C33H32FN7/c1-4-9-27(23-12-8-13-25(34)16-23)30-21(3)37-33(39-30)32-31-29(40-41-32)15-14-28(38-31)24-17-26(19-35-18-24)36-20(2)22-10-6-5-7-11-22/h4,8-9,12-19,22,36H,1-2,5-7,10-11H2,3H3,(H,37,39)(H,40,41)/b27-9-. The number of nitrogens with one attached hydrogen (secondary N) is 3. The minimum absolute atomic E-state index is 0.312. The lowest BCUT2D eigenvalue weighted by Gasteiger charge is -2.24. The van der Waals surface area contributed by atoms with Crippen molar-refractivity contribution in [2.24, 2.45) is 5.92 Å². The summed E-state index contributed by atoms with van der Waals surface area (Å²) in [5, 5.41) is 11.1. The summed E-state index contributed by atoms with van der Waals surface area (Å²) in [6.07, 6.45) is 13.3. The van der Waals surface area contributed by atoms with Crippen molar-refractivity contribution >= 4 is 22.3 Å². The fourth-order valence-corrected chi connectivity index (χ4v) is 5.53. The Morgan fingerprint density at radius 3 is 2.73 bits per heavy atom. The SMILES string of the molecule is C=C/C=C(/c1cccc(F)c1)c1nc(-c2n[nH]c3ccc(-c4cncc(NC(=C)C5CCCCC5)c4)nc23)[nH]c1C. The fourth-order valence-electron chi connectivity index (χ4n) is 5.53. The molecule has 0 radical (unpaired) electrons. The quantitative estimate of drug-likeness (QED) is 0.172. The molecule has 0 unspecified atom stereocenters. The third kappa shape index (κ3) is 5.45. The first-order valence-corrected chi connectivity index (χ1v) is 13.9. The molecule has 0 aliphatic heterocycles. The summed E-state index contributed by atoms with van der Waals surface area (Å²) in [7, 11) is 0. The van der Waals surface area contributed by atoms with Gasteiger partial charge in [-0.25, -0.2) is 14.4 Å². The van der Waals surface area contributed by atoms with E-state index in [0.717, 1.165) is 39.4 Å². The molecule has 6 rings (SSSR count). The fraction of sp³-hybridized carbons (Fsp3) is 0.212. The van der Waals surface area contributed by atoms with Crippen LogP contribution >= 0.6 is 0 Å². The largest absolute Gasteiger partial charge is 0.358 e. The number of nitrogens with zero attached hydrogens (tertiary/aromatic N) is 4. The average molecular weight is 546 g/mol. The highest BCUT2D eigenvalue weighted by molar-refractivity contribution is 5.90. The predicted octanol–water partition coefficient (Wildman–Crippen LogP) is 7.98. The van der Waals surface area contributed by atoms with Gasteiger partial charge < -0.3 is 10.3 Å². The van der Waals surface area contributed by atoms with E-state index in [0.29, 0.717) is 34.2 Å². The summed E-state index contributed by atoms with van der Waals surface area (Å²) in [4.78, 5) is 17.6. The Hall–Kier alpha value is -4.85. The normalized spacial score (nSPS) is 14.3. The number of hydrogen-bond donors (Lipinski definition) is 3. The zero-order chi connectivity index (χ0) is 28.3. The number of rotatable bonds is 8. The van der Waals surface area contributed by atoms with Crippen molar-refractivity contribution in [3.05, 3.63) is 109 Å². The van der Waals surface area contributed by atoms with Gasteiger partial charge in [-0.1, -0.05) is 56.7 Å². The second-order valence-corrected chi connectivity index (χ2v) is 10.5. The van der Waals surface area contributed by atoms with Crippen LogP contribution in [0.25, 0.3) is 39.4 Å². The third-order valence-corrected chi connectivity index (χ3v) is 7.63. The molecule has 41 heavy (non-hydrogen) atoms. The lowest BCUT2D eigenvalue weighted by atomic mass is 9.87. The van der Waals surface area contributed by atoms with Crippen LogP contribution in [0.3, 0.4) is 0 Å². The van der Waals surface area contributed by atoms with E-state index in [1.807, 2.05) is 43.6 Å². The van der Waals surface area contributed by atoms with Gasteiger partial charge in [0.15, 0.2) is 11.5 Å². The Labute approximate surface area is 238 Å². The monoisotopic (exact) mass is 545 g/mol. The second-order valence-electron chi connectivity index (χ2n) is 10.5. The van der Waals surface area contributed by atoms with Crippen molar-refractivity contribution in [3.8, 4) is 22.8 Å². The summed E-state index contributed by atoms with van der Waals surface area (Å²) in [5.74, 6) is 0.754. The minimum Gasteiger partial charge on any atom is -0.358 e. The first-order valence-electron chi connectivity index (χ1n) is 13.9. The molecule has 0 bridgehead atoms. The molecular weight excluding hydrogens is 513 g/mol. The van der Waals surface area contributed by atoms with Crippen LogP contribution in [0.4, 0.5) is 10.1 Å². The van der Waals surface area contributed by atoms with E-state index in [1.165, 1.54) is 44.2 Å². The molecule has 4 heterocycles. The molecule has 5 aromatic rings. The highest BCUT2D eigenvalue weighted by Gasteiger charge is 2.20. The van der Waals surface area contributed by atoms with E-state index in [1.54, 1.807) is 12.1 Å². The highest BCUT2D eigenvalue weighted by Crippen LogP contribution is 2.32. The van der Waals surface area contributed by atoms with Crippen molar-refractivity contribution in [2.75, 3.05) is 5.32 Å². The number of imidazole rings is 1. The summed E-state index contributed by atoms with van der Waals surface area (Å²) < 4.78 is 14.0. The van der Waals surface area contributed by atoms with Crippen LogP contribution in [0, 0.1) is 18.7 Å². The van der Waals surface area contributed by atoms with Gasteiger partial charge in [0.05, 0.1) is 28.8 Å². The van der Waals surface area contributed by atoms with Gasteiger partial charge in [0.25, 0.3) is 0 Å². The maximum atomic E-state index is 14.0. The highest BCUT2D eigenvalue weighted by atomic mass is 19.1. The maximum absolute atomic E-state index is 14.0. The van der Waals surface area contributed by atoms with Crippen LogP contribution in [0.15, 0.2) is 85.9 Å². The van der Waals surface area contributed by atoms with Crippen molar-refractivity contribution in [1.82, 2.24) is 30.1 Å². The van der Waals surface area contributed by atoms with Crippen molar-refractivity contribution in [1.29, 1.82) is 0 Å². The topological polar surface area (TPSA) is 95.2 Å². The van der Waals surface area contributed by atoms with Crippen LogP contribution in [0.5, 0.6) is 0 Å². The Bertz CT molecular complexity index is 1770. The molecule has 206 valence electrons. The van der Waals surface area contributed by atoms with Gasteiger partial charge in [0, 0.05) is 28.7 Å². The molecule has 7 nitrogen and oxygen atoms in total. The number of H-pyrrole nitrogens is 2. The number of aryl methyl sites for hydroxylation is 1. The molecule has 4 aromatic heterocycles. The average Bonchev–Trinajstić information content (AvgIpc) is 3.59. The maximum Gasteiger partial charge on any atom is 0.161 e. The first-order chi connectivity index (χ1) is 20.0. The Kier molecular flexibility index (Phi) is 7.29. The number of aromatic amines is 2. The molecule has 1 aromatic carbocycles. The van der Waals surface area contributed by atoms with E-state index in [-0.39, 0.29) is 5.82 Å². The summed E-state index contributed by atoms with van der Waals surface area (Å²) in [5.41, 5.74) is 8.69. The van der Waals surface area contributed by atoms with Gasteiger partial charge in [-0.15, -0.1) is 0 Å². The zero-order valence-corrected chi connectivity index (χ0v) is 23.0. The number of aromatic nitrogens is 6. The van der Waals surface area contributed by atoms with Gasteiger partial charge in [0.2, 0.25) is 0 Å². The van der Waals surface area contributed by atoms with Crippen LogP contribution < -0.4 is 5.32 Å². The van der Waals surface area contributed by atoms with Crippen molar-refractivity contribution < 1.29 is 4.39 Å². The molecule has 0 atom stereocenters. The molecule has 0 amide bonds. The Morgan fingerprint density at radius 1 is 1.07 bits per heavy atom. The van der Waals surface area contributed by atoms with Crippen LogP contribution in [0.1, 0.15) is 49.1 Å². The van der Waals surface area contributed by atoms with Crippen LogP contribution in [-0.2, 0) is 0 Å². The summed E-state index contributed by atoms with van der Waals surface area (Å²) >= 11 is 0. The van der Waals surface area contributed by atoms with Gasteiger partial charge in [-0.2, -0.15) is 5.10 Å². The molecule has 1 aliphatic carbocycles. The Morgan fingerprint density at radius 2 is 1.93 bits per heavy atom. The number of fused-ring (bicyclic) bond motifs is 1. The number of pyridine rings is 2.